The van der Waals surface area contributed by atoms with Crippen LogP contribution < -0.4 is 20.2 Å². The summed E-state index contributed by atoms with van der Waals surface area (Å²) in [7, 11) is 0. The van der Waals surface area contributed by atoms with E-state index in [-0.39, 0.29) is 17.4 Å². The summed E-state index contributed by atoms with van der Waals surface area (Å²) in [6.45, 7) is 16.5. The minimum Gasteiger partial charge on any atom is -0.458 e. The molecule has 0 fully saturated rings. The van der Waals surface area contributed by atoms with Crippen LogP contribution in [0, 0.1) is 20.2 Å². The average molecular weight is 741 g/mol. The normalized spacial score (nSPS) is 13.6. The van der Waals surface area contributed by atoms with E-state index in [1.807, 2.05) is 18.3 Å². The molecule has 9 aromatic rings. The highest BCUT2D eigenvalue weighted by Crippen LogP contribution is 2.45. The zero-order valence-electron chi connectivity index (χ0n) is 33.6. The first-order chi connectivity index (χ1) is 27.5. The summed E-state index contributed by atoms with van der Waals surface area (Å²) >= 11 is 0. The molecule has 57 heavy (non-hydrogen) atoms. The van der Waals surface area contributed by atoms with Gasteiger partial charge in [-0.2, -0.15) is 0 Å². The number of aryl methyl sites for hydroxylation is 2. The maximum absolute atomic E-state index is 6.79. The van der Waals surface area contributed by atoms with Crippen LogP contribution in [0.15, 0.2) is 146 Å². The van der Waals surface area contributed by atoms with Crippen molar-refractivity contribution in [2.24, 2.45) is 0 Å². The number of ether oxygens (including phenoxy) is 1. The van der Waals surface area contributed by atoms with Crippen LogP contribution in [-0.2, 0) is 10.7 Å². The molecule has 278 valence electrons. The van der Waals surface area contributed by atoms with Crippen molar-refractivity contribution in [3.63, 3.8) is 0 Å². The Morgan fingerprint density at radius 1 is 0.702 bits per heavy atom. The molecule has 1 aliphatic rings. The molecule has 6 aromatic carbocycles. The van der Waals surface area contributed by atoms with E-state index in [9.17, 15) is 0 Å². The number of pyridine rings is 1. The molecule has 0 spiro atoms. The van der Waals surface area contributed by atoms with E-state index < -0.39 is 0 Å². The van der Waals surface area contributed by atoms with Crippen LogP contribution >= 0.6 is 0 Å². The lowest BCUT2D eigenvalue weighted by molar-refractivity contribution is -0.572. The first-order valence-corrected chi connectivity index (χ1v) is 19.9. The van der Waals surface area contributed by atoms with Crippen LogP contribution in [0.2, 0.25) is 0 Å². The third kappa shape index (κ3) is 5.45. The van der Waals surface area contributed by atoms with Crippen LogP contribution in [0.5, 0.6) is 11.5 Å². The van der Waals surface area contributed by atoms with Crippen molar-refractivity contribution >= 4 is 50.5 Å². The Morgan fingerprint density at radius 2 is 1.42 bits per heavy atom. The van der Waals surface area contributed by atoms with Crippen molar-refractivity contribution in [1.82, 2.24) is 14.1 Å². The fourth-order valence-electron chi connectivity index (χ4n) is 9.64. The monoisotopic (exact) mass is 740 g/mol. The topological polar surface area (TPSA) is 35.9 Å². The van der Waals surface area contributed by atoms with E-state index in [2.05, 4.69) is 196 Å². The maximum Gasteiger partial charge on any atom is 0.269 e. The van der Waals surface area contributed by atoms with E-state index in [1.54, 1.807) is 0 Å². The SMILES string of the molecule is Cc1cccc(C)c1B1c2cccc3c4ccc(Oc5cccc(-n6[c-][n+](-c7ccccc7)c7ccccc76)c5)cc4n(c23)-c2nccc(C(C)(C)C)c2C1(C)C. The molecule has 6 heteroatoms. The van der Waals surface area contributed by atoms with E-state index in [0.29, 0.717) is 0 Å². The largest absolute Gasteiger partial charge is 0.458 e. The van der Waals surface area contributed by atoms with Gasteiger partial charge in [-0.15, -0.1) is 0 Å². The fourth-order valence-corrected chi connectivity index (χ4v) is 9.64. The van der Waals surface area contributed by atoms with E-state index in [0.717, 1.165) is 45.2 Å². The molecule has 0 radical (unpaired) electrons. The Morgan fingerprint density at radius 3 is 2.21 bits per heavy atom. The highest BCUT2D eigenvalue weighted by molar-refractivity contribution is 6.89. The first kappa shape index (κ1) is 35.0. The summed E-state index contributed by atoms with van der Waals surface area (Å²) in [5.74, 6) is 2.51. The lowest BCUT2D eigenvalue weighted by Gasteiger charge is -2.38. The second-order valence-electron chi connectivity index (χ2n) is 17.2. The molecule has 0 amide bonds. The zero-order valence-corrected chi connectivity index (χ0v) is 33.6. The number of benzene rings is 6. The highest BCUT2D eigenvalue weighted by Gasteiger charge is 2.46. The van der Waals surface area contributed by atoms with Gasteiger partial charge in [0.25, 0.3) is 6.33 Å². The minimum absolute atomic E-state index is 0.0950. The molecule has 0 saturated carbocycles. The molecule has 5 nitrogen and oxygen atoms in total. The van der Waals surface area contributed by atoms with Crippen molar-refractivity contribution in [2.75, 3.05) is 0 Å². The summed E-state index contributed by atoms with van der Waals surface area (Å²) < 4.78 is 13.4. The van der Waals surface area contributed by atoms with Crippen LogP contribution in [0.3, 0.4) is 0 Å². The summed E-state index contributed by atoms with van der Waals surface area (Å²) in [5.41, 5.74) is 14.3. The van der Waals surface area contributed by atoms with Gasteiger partial charge in [-0.25, -0.2) is 4.98 Å². The molecule has 0 aliphatic carbocycles. The standard InChI is InChI=1S/C51H45BN4O/c1-33-16-13-17-34(2)47(33)52-42-23-15-22-40-39-27-26-38(31-45(39)56(48(40)42)49-46(51(52,6)7)41(28-29-53-49)50(3,4)5)57-37-21-14-20-36(30-37)55-32-54(35-18-9-8-10-19-35)43-24-11-12-25-44(43)55/h8-31H,1-7H3. The Labute approximate surface area is 334 Å². The van der Waals surface area contributed by atoms with Gasteiger partial charge in [0.15, 0.2) is 0 Å². The van der Waals surface area contributed by atoms with Crippen molar-refractivity contribution in [1.29, 1.82) is 0 Å². The molecular formula is C51H45BN4O. The zero-order chi connectivity index (χ0) is 39.2. The molecule has 4 heterocycles. The molecule has 1 aliphatic heterocycles. The number of hydrogen-bond donors (Lipinski definition) is 0. The summed E-state index contributed by atoms with van der Waals surface area (Å²) in [4.78, 5) is 5.29. The van der Waals surface area contributed by atoms with Gasteiger partial charge in [-0.1, -0.05) is 136 Å². The molecule has 3 aromatic heterocycles. The molecule has 0 bridgehead atoms. The lowest BCUT2D eigenvalue weighted by Crippen LogP contribution is -2.57. The van der Waals surface area contributed by atoms with Crippen molar-refractivity contribution < 1.29 is 9.30 Å². The number of rotatable bonds is 5. The second-order valence-corrected chi connectivity index (χ2v) is 17.2. The van der Waals surface area contributed by atoms with Crippen LogP contribution in [-0.4, -0.2) is 20.8 Å². The van der Waals surface area contributed by atoms with Gasteiger partial charge in [0.05, 0.1) is 33.4 Å². The lowest BCUT2D eigenvalue weighted by atomic mass is 9.25. The van der Waals surface area contributed by atoms with Crippen LogP contribution in [0.25, 0.3) is 50.0 Å². The van der Waals surface area contributed by atoms with Gasteiger partial charge in [0.2, 0.25) is 6.71 Å². The average Bonchev–Trinajstić information content (AvgIpc) is 3.73. The van der Waals surface area contributed by atoms with Gasteiger partial charge >= 0.3 is 0 Å². The Hall–Kier alpha value is -6.40. The Kier molecular flexibility index (Phi) is 7.88. The van der Waals surface area contributed by atoms with E-state index in [1.165, 1.54) is 49.5 Å². The van der Waals surface area contributed by atoms with E-state index in [4.69, 9.17) is 9.72 Å². The number of para-hydroxylation sites is 4. The quantitative estimate of drug-likeness (QED) is 0.100. The third-order valence-corrected chi connectivity index (χ3v) is 12.1. The number of nitrogens with zero attached hydrogens (tertiary/aromatic N) is 4. The molecule has 0 atom stereocenters. The van der Waals surface area contributed by atoms with Crippen LogP contribution in [0.1, 0.15) is 56.9 Å². The predicted molar refractivity (Wildman–Crippen MR) is 235 cm³/mol. The highest BCUT2D eigenvalue weighted by atomic mass is 16.5. The van der Waals surface area contributed by atoms with Gasteiger partial charge in [-0.05, 0) is 89.7 Å². The third-order valence-electron chi connectivity index (χ3n) is 12.1. The summed E-state index contributed by atoms with van der Waals surface area (Å²) in [5, 5.41) is 2.11. The Balaban J connectivity index is 1.16. The van der Waals surface area contributed by atoms with Crippen molar-refractivity contribution in [3.05, 3.63) is 174 Å². The molecule has 0 N–H and O–H groups in total. The minimum atomic E-state index is -0.296. The second kappa shape index (κ2) is 12.8. The predicted octanol–water partition coefficient (Wildman–Crippen LogP) is 10.3. The van der Waals surface area contributed by atoms with E-state index >= 15 is 0 Å². The fraction of sp³-hybridized carbons (Fsp3) is 0.176. The van der Waals surface area contributed by atoms with Crippen LogP contribution in [0.4, 0.5) is 0 Å². The first-order valence-electron chi connectivity index (χ1n) is 19.9. The van der Waals surface area contributed by atoms with Gasteiger partial charge in [0.1, 0.15) is 17.3 Å². The molecule has 10 rings (SSSR count). The maximum atomic E-state index is 6.79. The summed E-state index contributed by atoms with van der Waals surface area (Å²) in [6.07, 6.45) is 5.61. The summed E-state index contributed by atoms with van der Waals surface area (Å²) in [6, 6.07) is 49.4. The van der Waals surface area contributed by atoms with Gasteiger partial charge < -0.3 is 4.74 Å². The Bertz CT molecular complexity index is 3020. The smallest absolute Gasteiger partial charge is 0.269 e. The van der Waals surface area contributed by atoms with Crippen molar-refractivity contribution in [2.45, 2.75) is 59.2 Å². The number of fused-ring (bicyclic) bond motifs is 6. The van der Waals surface area contributed by atoms with Crippen molar-refractivity contribution in [3.8, 4) is 28.7 Å². The number of imidazole rings is 1. The molecule has 0 unspecified atom stereocenters. The van der Waals surface area contributed by atoms with Gasteiger partial charge in [-0.3, -0.25) is 13.7 Å². The van der Waals surface area contributed by atoms with Gasteiger partial charge in [0, 0.05) is 23.0 Å². The molecule has 0 saturated heterocycles. The number of hydrogen-bond acceptors (Lipinski definition) is 2. The number of aromatic nitrogens is 4. The molecular weight excluding hydrogens is 695 g/mol.